The molecule has 1 atom stereocenters. The van der Waals surface area contributed by atoms with Crippen LogP contribution in [-0.2, 0) is 5.41 Å². The summed E-state index contributed by atoms with van der Waals surface area (Å²) in [5, 5.41) is 3.71. The second-order valence-corrected chi connectivity index (χ2v) is 6.20. The van der Waals surface area contributed by atoms with E-state index in [9.17, 15) is 0 Å². The normalized spacial score (nSPS) is 20.9. The van der Waals surface area contributed by atoms with Crippen molar-refractivity contribution >= 4 is 0 Å². The van der Waals surface area contributed by atoms with E-state index < -0.39 is 0 Å². The van der Waals surface area contributed by atoms with Crippen LogP contribution < -0.4 is 5.32 Å². The highest BCUT2D eigenvalue weighted by atomic mass is 14.9. The average molecular weight is 251 g/mol. The topological polar surface area (TPSA) is 12.0 Å². The molecule has 3 rings (SSSR count). The third-order valence-corrected chi connectivity index (χ3v) is 4.13. The summed E-state index contributed by atoms with van der Waals surface area (Å²) < 4.78 is 0. The van der Waals surface area contributed by atoms with Crippen molar-refractivity contribution in [3.8, 4) is 0 Å². The molecule has 1 aliphatic rings. The first-order chi connectivity index (χ1) is 9.08. The fourth-order valence-electron chi connectivity index (χ4n) is 3.04. The van der Waals surface area contributed by atoms with Gasteiger partial charge in [0.25, 0.3) is 0 Å². The Hall–Kier alpha value is -1.60. The van der Waals surface area contributed by atoms with Crippen LogP contribution in [0.1, 0.15) is 42.1 Å². The van der Waals surface area contributed by atoms with Gasteiger partial charge >= 0.3 is 0 Å². The minimum atomic E-state index is 0.203. The van der Waals surface area contributed by atoms with Crippen LogP contribution in [0.15, 0.2) is 48.5 Å². The van der Waals surface area contributed by atoms with Crippen molar-refractivity contribution < 1.29 is 0 Å². The molecular weight excluding hydrogens is 230 g/mol. The summed E-state index contributed by atoms with van der Waals surface area (Å²) in [6.07, 6.45) is 0. The number of aryl methyl sites for hydroxylation is 1. The van der Waals surface area contributed by atoms with Gasteiger partial charge in [-0.3, -0.25) is 0 Å². The molecule has 0 bridgehead atoms. The van der Waals surface area contributed by atoms with Gasteiger partial charge in [0.15, 0.2) is 0 Å². The molecule has 1 nitrogen and oxygen atoms in total. The van der Waals surface area contributed by atoms with Gasteiger partial charge in [0.2, 0.25) is 0 Å². The van der Waals surface area contributed by atoms with E-state index in [-0.39, 0.29) is 5.41 Å². The molecule has 0 aromatic heterocycles. The van der Waals surface area contributed by atoms with Gasteiger partial charge in [-0.25, -0.2) is 0 Å². The zero-order valence-electron chi connectivity index (χ0n) is 11.9. The van der Waals surface area contributed by atoms with Gasteiger partial charge in [0.05, 0.1) is 6.04 Å². The molecule has 1 heterocycles. The number of hydrogen-bond donors (Lipinski definition) is 1. The third-order valence-electron chi connectivity index (χ3n) is 4.13. The fourth-order valence-corrected chi connectivity index (χ4v) is 3.04. The lowest BCUT2D eigenvalue weighted by molar-refractivity contribution is 0.406. The van der Waals surface area contributed by atoms with E-state index in [1.54, 1.807) is 0 Å². The van der Waals surface area contributed by atoms with Crippen molar-refractivity contribution in [3.05, 3.63) is 70.8 Å². The molecule has 2 aromatic rings. The highest BCUT2D eigenvalue weighted by molar-refractivity contribution is 5.45. The fraction of sp³-hybridized carbons (Fsp3) is 0.333. The summed E-state index contributed by atoms with van der Waals surface area (Å²) in [6, 6.07) is 17.9. The van der Waals surface area contributed by atoms with Crippen LogP contribution in [0.2, 0.25) is 0 Å². The van der Waals surface area contributed by atoms with E-state index >= 15 is 0 Å². The Morgan fingerprint density at radius 2 is 1.79 bits per heavy atom. The summed E-state index contributed by atoms with van der Waals surface area (Å²) >= 11 is 0. The molecule has 19 heavy (non-hydrogen) atoms. The molecule has 0 saturated carbocycles. The van der Waals surface area contributed by atoms with Gasteiger partial charge in [0.1, 0.15) is 0 Å². The van der Waals surface area contributed by atoms with Gasteiger partial charge in [-0.15, -0.1) is 0 Å². The van der Waals surface area contributed by atoms with Crippen molar-refractivity contribution in [2.75, 3.05) is 6.54 Å². The van der Waals surface area contributed by atoms with Gasteiger partial charge in [-0.05, 0) is 23.6 Å². The summed E-state index contributed by atoms with van der Waals surface area (Å²) in [5.74, 6) is 0. The zero-order valence-corrected chi connectivity index (χ0v) is 11.9. The van der Waals surface area contributed by atoms with E-state index in [1.807, 2.05) is 0 Å². The number of fused-ring (bicyclic) bond motifs is 1. The second kappa shape index (κ2) is 4.50. The summed E-state index contributed by atoms with van der Waals surface area (Å²) in [7, 11) is 0. The van der Waals surface area contributed by atoms with Gasteiger partial charge < -0.3 is 5.32 Å². The Balaban J connectivity index is 2.14. The van der Waals surface area contributed by atoms with Crippen LogP contribution in [0.4, 0.5) is 0 Å². The number of hydrogen-bond acceptors (Lipinski definition) is 1. The molecule has 1 heteroatoms. The molecular formula is C18H21N. The van der Waals surface area contributed by atoms with Gasteiger partial charge in [-0.1, -0.05) is 67.9 Å². The van der Waals surface area contributed by atoms with Gasteiger partial charge in [-0.2, -0.15) is 0 Å². The Morgan fingerprint density at radius 1 is 1.05 bits per heavy atom. The number of benzene rings is 2. The standard InChI is InChI=1S/C18H21N/c1-13-9-10-16-15(11-13)17(19-12-18(16,2)3)14-7-5-4-6-8-14/h4-11,17,19H,12H2,1-3H3. The van der Waals surface area contributed by atoms with E-state index in [0.717, 1.165) is 6.54 Å². The highest BCUT2D eigenvalue weighted by Gasteiger charge is 2.32. The van der Waals surface area contributed by atoms with Crippen LogP contribution in [0.3, 0.4) is 0 Å². The molecule has 0 saturated heterocycles. The summed E-state index contributed by atoms with van der Waals surface area (Å²) in [6.45, 7) is 7.82. The van der Waals surface area contributed by atoms with Gasteiger partial charge in [0, 0.05) is 12.0 Å². The molecule has 98 valence electrons. The minimum Gasteiger partial charge on any atom is -0.305 e. The maximum absolute atomic E-state index is 3.71. The van der Waals surface area contributed by atoms with E-state index in [4.69, 9.17) is 0 Å². The molecule has 2 aromatic carbocycles. The van der Waals surface area contributed by atoms with E-state index in [1.165, 1.54) is 22.3 Å². The van der Waals surface area contributed by atoms with Crippen LogP contribution in [-0.4, -0.2) is 6.54 Å². The Morgan fingerprint density at radius 3 is 2.53 bits per heavy atom. The Labute approximate surface area is 115 Å². The lowest BCUT2D eigenvalue weighted by Crippen LogP contribution is -2.42. The van der Waals surface area contributed by atoms with Crippen molar-refractivity contribution in [2.24, 2.45) is 0 Å². The maximum atomic E-state index is 3.71. The molecule has 0 fully saturated rings. The Kier molecular flexibility index (Phi) is 2.94. The van der Waals surface area contributed by atoms with Crippen LogP contribution in [0.25, 0.3) is 0 Å². The molecule has 1 aliphatic heterocycles. The number of nitrogens with one attached hydrogen (secondary N) is 1. The average Bonchev–Trinajstić information content (AvgIpc) is 2.39. The molecule has 0 radical (unpaired) electrons. The van der Waals surface area contributed by atoms with Crippen LogP contribution >= 0.6 is 0 Å². The quantitative estimate of drug-likeness (QED) is 0.808. The molecule has 0 aliphatic carbocycles. The molecule has 0 spiro atoms. The predicted molar refractivity (Wildman–Crippen MR) is 80.5 cm³/mol. The summed E-state index contributed by atoms with van der Waals surface area (Å²) in [5.41, 5.74) is 5.80. The van der Waals surface area contributed by atoms with Crippen molar-refractivity contribution in [1.82, 2.24) is 5.32 Å². The van der Waals surface area contributed by atoms with Crippen LogP contribution in [0.5, 0.6) is 0 Å². The van der Waals surface area contributed by atoms with Crippen molar-refractivity contribution in [3.63, 3.8) is 0 Å². The Bertz CT molecular complexity index is 584. The minimum absolute atomic E-state index is 0.203. The number of rotatable bonds is 1. The maximum Gasteiger partial charge on any atom is 0.0580 e. The first-order valence-electron chi connectivity index (χ1n) is 6.97. The van der Waals surface area contributed by atoms with E-state index in [2.05, 4.69) is 74.6 Å². The largest absolute Gasteiger partial charge is 0.305 e. The van der Waals surface area contributed by atoms with Crippen molar-refractivity contribution in [2.45, 2.75) is 32.2 Å². The SMILES string of the molecule is Cc1ccc2c(c1)C(c1ccccc1)NCC2(C)C. The lowest BCUT2D eigenvalue weighted by Gasteiger charge is -2.38. The first kappa shape index (κ1) is 12.4. The summed E-state index contributed by atoms with van der Waals surface area (Å²) in [4.78, 5) is 0. The molecule has 1 unspecified atom stereocenters. The second-order valence-electron chi connectivity index (χ2n) is 6.20. The third kappa shape index (κ3) is 2.19. The smallest absolute Gasteiger partial charge is 0.0580 e. The van der Waals surface area contributed by atoms with Crippen molar-refractivity contribution in [1.29, 1.82) is 0 Å². The molecule has 0 amide bonds. The highest BCUT2D eigenvalue weighted by Crippen LogP contribution is 2.37. The predicted octanol–water partition coefficient (Wildman–Crippen LogP) is 3.97. The zero-order chi connectivity index (χ0) is 13.5. The van der Waals surface area contributed by atoms with Crippen LogP contribution in [0, 0.1) is 6.92 Å². The first-order valence-corrected chi connectivity index (χ1v) is 6.97. The monoisotopic (exact) mass is 251 g/mol. The molecule has 1 N–H and O–H groups in total. The lowest BCUT2D eigenvalue weighted by atomic mass is 9.75. The van der Waals surface area contributed by atoms with E-state index in [0.29, 0.717) is 6.04 Å².